The Morgan fingerprint density at radius 1 is 1.44 bits per heavy atom. The smallest absolute Gasteiger partial charge is 0.319 e. The summed E-state index contributed by atoms with van der Waals surface area (Å²) in [4.78, 5) is 13.1. The number of hydrogen-bond donors (Lipinski definition) is 0. The molecule has 0 radical (unpaired) electrons. The van der Waals surface area contributed by atoms with E-state index in [-0.39, 0.29) is 18.6 Å². The average Bonchev–Trinajstić information content (AvgIpc) is 2.81. The fourth-order valence-corrected chi connectivity index (χ4v) is 1.83. The van der Waals surface area contributed by atoms with Crippen molar-refractivity contribution in [2.24, 2.45) is 0 Å². The SMILES string of the molecule is COC(=O)CN(C)C(C)c1cc2ccccc2o1. The maximum absolute atomic E-state index is 11.2. The molecule has 0 spiro atoms. The normalized spacial score (nSPS) is 12.9. The molecule has 0 saturated carbocycles. The van der Waals surface area contributed by atoms with Gasteiger partial charge in [0.25, 0.3) is 0 Å². The molecule has 2 rings (SSSR count). The monoisotopic (exact) mass is 247 g/mol. The van der Waals surface area contributed by atoms with Crippen molar-refractivity contribution in [2.75, 3.05) is 20.7 Å². The van der Waals surface area contributed by atoms with Crippen LogP contribution in [0, 0.1) is 0 Å². The number of carbonyl (C=O) groups excluding carboxylic acids is 1. The molecule has 0 fully saturated rings. The molecule has 18 heavy (non-hydrogen) atoms. The third kappa shape index (κ3) is 2.54. The van der Waals surface area contributed by atoms with Gasteiger partial charge in [-0.05, 0) is 26.1 Å². The number of fused-ring (bicyclic) bond motifs is 1. The first-order chi connectivity index (χ1) is 8.61. The summed E-state index contributed by atoms with van der Waals surface area (Å²) < 4.78 is 10.4. The van der Waals surface area contributed by atoms with E-state index in [9.17, 15) is 4.79 Å². The van der Waals surface area contributed by atoms with Crippen LogP contribution in [0.4, 0.5) is 0 Å². The van der Waals surface area contributed by atoms with Gasteiger partial charge in [0.05, 0.1) is 19.7 Å². The number of rotatable bonds is 4. The quantitative estimate of drug-likeness (QED) is 0.779. The Kier molecular flexibility index (Phi) is 3.67. The van der Waals surface area contributed by atoms with Crippen LogP contribution in [0.3, 0.4) is 0 Å². The number of benzene rings is 1. The zero-order chi connectivity index (χ0) is 13.1. The highest BCUT2D eigenvalue weighted by molar-refractivity contribution is 5.77. The maximum atomic E-state index is 11.2. The fraction of sp³-hybridized carbons (Fsp3) is 0.357. The summed E-state index contributed by atoms with van der Waals surface area (Å²) in [7, 11) is 3.26. The molecule has 4 nitrogen and oxygen atoms in total. The molecule has 96 valence electrons. The minimum Gasteiger partial charge on any atom is -0.468 e. The van der Waals surface area contributed by atoms with Crippen molar-refractivity contribution in [3.8, 4) is 0 Å². The van der Waals surface area contributed by atoms with Gasteiger partial charge in [-0.1, -0.05) is 18.2 Å². The molecule has 1 aromatic heterocycles. The first-order valence-electron chi connectivity index (χ1n) is 5.87. The molecule has 0 aliphatic rings. The van der Waals surface area contributed by atoms with E-state index < -0.39 is 0 Å². The predicted octanol–water partition coefficient (Wildman–Crippen LogP) is 2.60. The van der Waals surface area contributed by atoms with Crippen molar-refractivity contribution >= 4 is 16.9 Å². The van der Waals surface area contributed by atoms with Crippen molar-refractivity contribution in [3.05, 3.63) is 36.1 Å². The van der Waals surface area contributed by atoms with E-state index >= 15 is 0 Å². The first kappa shape index (κ1) is 12.6. The molecule has 1 aromatic carbocycles. The van der Waals surface area contributed by atoms with Gasteiger partial charge in [0.1, 0.15) is 11.3 Å². The molecule has 0 aliphatic heterocycles. The molecular weight excluding hydrogens is 230 g/mol. The van der Waals surface area contributed by atoms with E-state index in [4.69, 9.17) is 4.42 Å². The van der Waals surface area contributed by atoms with E-state index in [0.29, 0.717) is 0 Å². The highest BCUT2D eigenvalue weighted by atomic mass is 16.5. The largest absolute Gasteiger partial charge is 0.468 e. The van der Waals surface area contributed by atoms with Gasteiger partial charge in [0.15, 0.2) is 0 Å². The van der Waals surface area contributed by atoms with Crippen LogP contribution in [-0.2, 0) is 9.53 Å². The number of nitrogens with zero attached hydrogens (tertiary/aromatic N) is 1. The molecule has 0 amide bonds. The predicted molar refractivity (Wildman–Crippen MR) is 69.3 cm³/mol. The van der Waals surface area contributed by atoms with Crippen LogP contribution in [0.1, 0.15) is 18.7 Å². The minimum absolute atomic E-state index is 0.0245. The molecule has 4 heteroatoms. The van der Waals surface area contributed by atoms with Crippen molar-refractivity contribution in [1.82, 2.24) is 4.90 Å². The third-order valence-corrected chi connectivity index (χ3v) is 3.12. The number of methoxy groups -OCH3 is 1. The number of likely N-dealkylation sites (N-methyl/N-ethyl adjacent to an activating group) is 1. The highest BCUT2D eigenvalue weighted by Crippen LogP contribution is 2.26. The van der Waals surface area contributed by atoms with E-state index in [1.54, 1.807) is 0 Å². The van der Waals surface area contributed by atoms with Crippen molar-refractivity contribution in [3.63, 3.8) is 0 Å². The van der Waals surface area contributed by atoms with Crippen LogP contribution in [-0.4, -0.2) is 31.6 Å². The van der Waals surface area contributed by atoms with Gasteiger partial charge in [-0.2, -0.15) is 0 Å². The van der Waals surface area contributed by atoms with E-state index in [1.165, 1.54) is 7.11 Å². The second-order valence-corrected chi connectivity index (χ2v) is 4.35. The minimum atomic E-state index is -0.250. The van der Waals surface area contributed by atoms with Crippen LogP contribution in [0.15, 0.2) is 34.7 Å². The van der Waals surface area contributed by atoms with Crippen molar-refractivity contribution in [1.29, 1.82) is 0 Å². The summed E-state index contributed by atoms with van der Waals surface area (Å²) in [5, 5.41) is 1.07. The Morgan fingerprint density at radius 2 is 2.17 bits per heavy atom. The Morgan fingerprint density at radius 3 is 2.83 bits per heavy atom. The number of esters is 1. The lowest BCUT2D eigenvalue weighted by atomic mass is 10.2. The van der Waals surface area contributed by atoms with Gasteiger partial charge >= 0.3 is 5.97 Å². The van der Waals surface area contributed by atoms with Gasteiger partial charge in [-0.25, -0.2) is 0 Å². The molecule has 2 aromatic rings. The molecule has 0 bridgehead atoms. The van der Waals surface area contributed by atoms with E-state index in [2.05, 4.69) is 4.74 Å². The standard InChI is InChI=1S/C14H17NO3/c1-10(15(2)9-14(16)17-3)13-8-11-6-4-5-7-12(11)18-13/h4-8,10H,9H2,1-3H3. The number of carbonyl (C=O) groups is 1. The fourth-order valence-electron chi connectivity index (χ4n) is 1.83. The van der Waals surface area contributed by atoms with Crippen LogP contribution < -0.4 is 0 Å². The molecule has 1 heterocycles. The molecule has 1 atom stereocenters. The number of ether oxygens (including phenoxy) is 1. The Bertz CT molecular complexity index is 514. The Hall–Kier alpha value is -1.81. The maximum Gasteiger partial charge on any atom is 0.319 e. The summed E-state index contributed by atoms with van der Waals surface area (Å²) in [5.41, 5.74) is 0.866. The Labute approximate surface area is 106 Å². The molecule has 1 unspecified atom stereocenters. The molecule has 0 saturated heterocycles. The molecular formula is C14H17NO3. The van der Waals surface area contributed by atoms with Crippen LogP contribution in [0.25, 0.3) is 11.0 Å². The lowest BCUT2D eigenvalue weighted by Crippen LogP contribution is -2.29. The lowest BCUT2D eigenvalue weighted by Gasteiger charge is -2.21. The first-order valence-corrected chi connectivity index (χ1v) is 5.87. The number of hydrogen-bond acceptors (Lipinski definition) is 4. The van der Waals surface area contributed by atoms with Crippen LogP contribution in [0.2, 0.25) is 0 Å². The zero-order valence-electron chi connectivity index (χ0n) is 10.8. The topological polar surface area (TPSA) is 42.7 Å². The summed E-state index contributed by atoms with van der Waals surface area (Å²) in [6, 6.07) is 9.90. The van der Waals surface area contributed by atoms with Gasteiger partial charge < -0.3 is 9.15 Å². The van der Waals surface area contributed by atoms with Gasteiger partial charge in [-0.15, -0.1) is 0 Å². The molecule has 0 aliphatic carbocycles. The van der Waals surface area contributed by atoms with Crippen molar-refractivity contribution < 1.29 is 13.9 Å². The average molecular weight is 247 g/mol. The van der Waals surface area contributed by atoms with Gasteiger partial charge in [0, 0.05) is 5.39 Å². The second kappa shape index (κ2) is 5.23. The van der Waals surface area contributed by atoms with Gasteiger partial charge in [-0.3, -0.25) is 9.69 Å². The van der Waals surface area contributed by atoms with E-state index in [0.717, 1.165) is 16.7 Å². The lowest BCUT2D eigenvalue weighted by molar-refractivity contribution is -0.142. The van der Waals surface area contributed by atoms with Crippen molar-refractivity contribution in [2.45, 2.75) is 13.0 Å². The zero-order valence-corrected chi connectivity index (χ0v) is 10.8. The Balaban J connectivity index is 2.17. The van der Waals surface area contributed by atoms with Crippen LogP contribution >= 0.6 is 0 Å². The third-order valence-electron chi connectivity index (χ3n) is 3.12. The highest BCUT2D eigenvalue weighted by Gasteiger charge is 2.18. The second-order valence-electron chi connectivity index (χ2n) is 4.35. The van der Waals surface area contributed by atoms with E-state index in [1.807, 2.05) is 49.2 Å². The molecule has 0 N–H and O–H groups in total. The summed E-state index contributed by atoms with van der Waals surface area (Å²) in [6.07, 6.45) is 0. The summed E-state index contributed by atoms with van der Waals surface area (Å²) in [5.74, 6) is 0.600. The van der Waals surface area contributed by atoms with Gasteiger partial charge in [0.2, 0.25) is 0 Å². The number of furan rings is 1. The summed E-state index contributed by atoms with van der Waals surface area (Å²) >= 11 is 0. The summed E-state index contributed by atoms with van der Waals surface area (Å²) in [6.45, 7) is 2.25. The number of para-hydroxylation sites is 1. The van der Waals surface area contributed by atoms with Crippen LogP contribution in [0.5, 0.6) is 0 Å².